The van der Waals surface area contributed by atoms with Crippen LogP contribution in [0.15, 0.2) is 66.7 Å². The van der Waals surface area contributed by atoms with Gasteiger partial charge >= 0.3 is 0 Å². The second-order valence-corrected chi connectivity index (χ2v) is 11.2. The number of nitrogens with zero attached hydrogens (tertiary/aromatic N) is 2. The van der Waals surface area contributed by atoms with E-state index in [1.165, 1.54) is 55.2 Å². The fraction of sp³-hybridized carbons (Fsp3) is 0.194. The van der Waals surface area contributed by atoms with Gasteiger partial charge in [0.05, 0.1) is 6.57 Å². The molecular formula is C31H23BN2. The van der Waals surface area contributed by atoms with Gasteiger partial charge in [0.25, 0.3) is 0 Å². The van der Waals surface area contributed by atoms with Crippen molar-refractivity contribution in [2.75, 3.05) is 0 Å². The lowest BCUT2D eigenvalue weighted by atomic mass is 9.26. The third-order valence-electron chi connectivity index (χ3n) is 9.08. The summed E-state index contributed by atoms with van der Waals surface area (Å²) in [4.78, 5) is 3.93. The third-order valence-corrected chi connectivity index (χ3v) is 9.08. The second-order valence-electron chi connectivity index (χ2n) is 11.2. The van der Waals surface area contributed by atoms with Crippen LogP contribution in [0.1, 0.15) is 49.9 Å². The Morgan fingerprint density at radius 3 is 2.03 bits per heavy atom. The Balaban J connectivity index is 1.72. The van der Waals surface area contributed by atoms with Gasteiger partial charge in [-0.3, -0.25) is 0 Å². The summed E-state index contributed by atoms with van der Waals surface area (Å²) in [6.07, 6.45) is 0. The molecule has 0 unspecified atom stereocenters. The molecule has 0 radical (unpaired) electrons. The van der Waals surface area contributed by atoms with Crippen molar-refractivity contribution in [3.05, 3.63) is 100 Å². The highest BCUT2D eigenvalue weighted by molar-refractivity contribution is 7.00. The van der Waals surface area contributed by atoms with Crippen molar-refractivity contribution in [3.8, 4) is 5.69 Å². The molecule has 2 nitrogen and oxygen atoms in total. The molecule has 4 heterocycles. The van der Waals surface area contributed by atoms with E-state index >= 15 is 0 Å². The van der Waals surface area contributed by atoms with Gasteiger partial charge in [0.15, 0.2) is 5.69 Å². The van der Waals surface area contributed by atoms with Crippen LogP contribution in [0.4, 0.5) is 5.69 Å². The van der Waals surface area contributed by atoms with E-state index in [0.29, 0.717) is 0 Å². The lowest BCUT2D eigenvalue weighted by Gasteiger charge is -2.48. The first-order valence-electron chi connectivity index (χ1n) is 12.1. The Morgan fingerprint density at radius 2 is 1.32 bits per heavy atom. The van der Waals surface area contributed by atoms with Crippen LogP contribution in [0, 0.1) is 6.57 Å². The summed E-state index contributed by atoms with van der Waals surface area (Å²) in [5.74, 6) is 0. The van der Waals surface area contributed by atoms with Crippen molar-refractivity contribution in [2.24, 2.45) is 0 Å². The van der Waals surface area contributed by atoms with Crippen LogP contribution < -0.4 is 16.4 Å². The molecule has 0 saturated carbocycles. The minimum atomic E-state index is -0.0881. The van der Waals surface area contributed by atoms with Crippen molar-refractivity contribution in [3.63, 3.8) is 0 Å². The summed E-state index contributed by atoms with van der Waals surface area (Å²) in [6, 6.07) is 24.7. The van der Waals surface area contributed by atoms with Crippen LogP contribution >= 0.6 is 0 Å². The van der Waals surface area contributed by atoms with Crippen molar-refractivity contribution >= 4 is 50.6 Å². The molecule has 0 spiro atoms. The number of fused-ring (bicyclic) bond motifs is 4. The maximum Gasteiger partial charge on any atom is 0.248 e. The first-order chi connectivity index (χ1) is 16.4. The van der Waals surface area contributed by atoms with Gasteiger partial charge < -0.3 is 4.57 Å². The van der Waals surface area contributed by atoms with Crippen molar-refractivity contribution < 1.29 is 0 Å². The summed E-state index contributed by atoms with van der Waals surface area (Å²) in [5.41, 5.74) is 14.5. The normalized spacial score (nSPS) is 17.2. The molecule has 0 N–H and O–H groups in total. The third kappa shape index (κ3) is 1.76. The molecule has 3 aliphatic rings. The SMILES string of the molecule is [C-]#[N+]c1cccc2c1c1ccc3c4c1n2-c1cccc2c1B4c1c(cccc1C3(C)C)C2(C)C. The molecule has 3 aliphatic heterocycles. The standard InChI is InChI=1S/C31H23BN2/c1-30(2)18-9-6-10-19-26(18)32-27-20(30)11-7-14-24(27)34-23-13-8-12-22(33-5)25(23)17-15-16-21(31(19,3)4)28(32)29(17)34/h6-16H,1-4H3. The monoisotopic (exact) mass is 434 g/mol. The Morgan fingerprint density at radius 1 is 0.706 bits per heavy atom. The van der Waals surface area contributed by atoms with E-state index in [1.54, 1.807) is 0 Å². The second kappa shape index (κ2) is 5.48. The molecule has 8 rings (SSSR count). The molecule has 0 aliphatic carbocycles. The highest BCUT2D eigenvalue weighted by Gasteiger charge is 2.51. The van der Waals surface area contributed by atoms with E-state index in [4.69, 9.17) is 6.57 Å². The van der Waals surface area contributed by atoms with E-state index in [-0.39, 0.29) is 17.5 Å². The first-order valence-corrected chi connectivity index (χ1v) is 12.1. The maximum atomic E-state index is 7.88. The number of hydrogen-bond donors (Lipinski definition) is 0. The van der Waals surface area contributed by atoms with Crippen LogP contribution in [0.2, 0.25) is 0 Å². The van der Waals surface area contributed by atoms with Gasteiger partial charge in [-0.25, -0.2) is 4.85 Å². The van der Waals surface area contributed by atoms with Crippen molar-refractivity contribution in [2.45, 2.75) is 38.5 Å². The Bertz CT molecular complexity index is 1810. The summed E-state index contributed by atoms with van der Waals surface area (Å²) in [7, 11) is 0. The largest absolute Gasteiger partial charge is 0.312 e. The summed E-state index contributed by atoms with van der Waals surface area (Å²) in [6.45, 7) is 17.7. The zero-order valence-electron chi connectivity index (χ0n) is 19.8. The average Bonchev–Trinajstić information content (AvgIpc) is 3.18. The van der Waals surface area contributed by atoms with Gasteiger partial charge in [-0.15, -0.1) is 0 Å². The van der Waals surface area contributed by atoms with Gasteiger partial charge in [-0.2, -0.15) is 0 Å². The highest BCUT2D eigenvalue weighted by atomic mass is 15.0. The molecule has 3 heteroatoms. The minimum Gasteiger partial charge on any atom is -0.312 e. The van der Waals surface area contributed by atoms with E-state index < -0.39 is 0 Å². The Hall–Kier alpha value is -3.77. The molecule has 4 aromatic carbocycles. The van der Waals surface area contributed by atoms with E-state index in [2.05, 4.69) is 91.7 Å². The molecule has 160 valence electrons. The van der Waals surface area contributed by atoms with Crippen molar-refractivity contribution in [1.29, 1.82) is 0 Å². The van der Waals surface area contributed by atoms with Crippen LogP contribution in [-0.4, -0.2) is 11.3 Å². The lowest BCUT2D eigenvalue weighted by Crippen LogP contribution is -2.68. The minimum absolute atomic E-state index is 0.0726. The summed E-state index contributed by atoms with van der Waals surface area (Å²) < 4.78 is 2.47. The fourth-order valence-electron chi connectivity index (χ4n) is 7.63. The number of hydrogen-bond acceptors (Lipinski definition) is 0. The average molecular weight is 434 g/mol. The molecular weight excluding hydrogens is 411 g/mol. The Kier molecular flexibility index (Phi) is 3.00. The van der Waals surface area contributed by atoms with E-state index in [9.17, 15) is 0 Å². The lowest BCUT2D eigenvalue weighted by molar-refractivity contribution is 0.621. The molecule has 0 fully saturated rings. The topological polar surface area (TPSA) is 9.29 Å². The Labute approximate surface area is 199 Å². The first kappa shape index (κ1) is 18.6. The molecule has 0 amide bonds. The number of benzene rings is 4. The zero-order valence-corrected chi connectivity index (χ0v) is 19.8. The van der Waals surface area contributed by atoms with Gasteiger partial charge in [-0.05, 0) is 50.7 Å². The van der Waals surface area contributed by atoms with E-state index in [1.807, 2.05) is 12.1 Å². The molecule has 5 aromatic rings. The predicted octanol–water partition coefficient (Wildman–Crippen LogP) is 5.44. The van der Waals surface area contributed by atoms with Crippen molar-refractivity contribution in [1.82, 2.24) is 4.57 Å². The molecule has 34 heavy (non-hydrogen) atoms. The van der Waals surface area contributed by atoms with Gasteiger partial charge in [0.1, 0.15) is 0 Å². The number of aromatic nitrogens is 1. The van der Waals surface area contributed by atoms with Gasteiger partial charge in [-0.1, -0.05) is 87.8 Å². The summed E-state index contributed by atoms with van der Waals surface area (Å²) in [5, 5.41) is 2.29. The zero-order chi connectivity index (χ0) is 23.1. The van der Waals surface area contributed by atoms with Crippen LogP contribution in [-0.2, 0) is 10.8 Å². The molecule has 0 bridgehead atoms. The molecule has 0 atom stereocenters. The molecule has 1 aromatic heterocycles. The van der Waals surface area contributed by atoms with E-state index in [0.717, 1.165) is 16.6 Å². The predicted molar refractivity (Wildman–Crippen MR) is 142 cm³/mol. The molecule has 0 saturated heterocycles. The van der Waals surface area contributed by atoms with Crippen LogP contribution in [0.25, 0.3) is 32.3 Å². The van der Waals surface area contributed by atoms with Crippen LogP contribution in [0.3, 0.4) is 0 Å². The van der Waals surface area contributed by atoms with Gasteiger partial charge in [0, 0.05) is 32.9 Å². The maximum absolute atomic E-state index is 7.88. The van der Waals surface area contributed by atoms with Crippen LogP contribution in [0.5, 0.6) is 0 Å². The fourth-order valence-corrected chi connectivity index (χ4v) is 7.63. The highest BCUT2D eigenvalue weighted by Crippen LogP contribution is 2.46. The smallest absolute Gasteiger partial charge is 0.248 e. The quantitative estimate of drug-likeness (QED) is 0.222. The summed E-state index contributed by atoms with van der Waals surface area (Å²) >= 11 is 0. The van der Waals surface area contributed by atoms with Gasteiger partial charge in [0.2, 0.25) is 6.71 Å². The number of rotatable bonds is 0.